The predicted molar refractivity (Wildman–Crippen MR) is 120 cm³/mol. The number of hydrogen-bond donors (Lipinski definition) is 1. The van der Waals surface area contributed by atoms with Gasteiger partial charge >= 0.3 is 0 Å². The van der Waals surface area contributed by atoms with E-state index in [2.05, 4.69) is 5.32 Å². The zero-order chi connectivity index (χ0) is 21.0. The maximum atomic E-state index is 13.2. The average molecular weight is 419 g/mol. The molecule has 0 fully saturated rings. The molecule has 30 heavy (non-hydrogen) atoms. The van der Waals surface area contributed by atoms with E-state index in [0.29, 0.717) is 12.2 Å². The van der Waals surface area contributed by atoms with Crippen LogP contribution in [0.5, 0.6) is 0 Å². The Morgan fingerprint density at radius 1 is 0.900 bits per heavy atom. The summed E-state index contributed by atoms with van der Waals surface area (Å²) in [7, 11) is -3.66. The van der Waals surface area contributed by atoms with Crippen LogP contribution in [0.15, 0.2) is 89.8 Å². The van der Waals surface area contributed by atoms with Crippen LogP contribution >= 0.6 is 0 Å². The number of nitrogens with one attached hydrogen (secondary N) is 1. The topological polar surface area (TPSA) is 66.5 Å². The Kier molecular flexibility index (Phi) is 5.68. The van der Waals surface area contributed by atoms with Crippen molar-refractivity contribution in [3.05, 3.63) is 96.1 Å². The highest BCUT2D eigenvalue weighted by Crippen LogP contribution is 2.32. The van der Waals surface area contributed by atoms with Crippen LogP contribution in [0.1, 0.15) is 17.5 Å². The van der Waals surface area contributed by atoms with E-state index < -0.39 is 10.0 Å². The van der Waals surface area contributed by atoms with Gasteiger partial charge in [0.2, 0.25) is 5.91 Å². The van der Waals surface area contributed by atoms with Crippen molar-refractivity contribution in [2.24, 2.45) is 0 Å². The zero-order valence-corrected chi connectivity index (χ0v) is 17.2. The number of sulfonamides is 1. The molecule has 3 aromatic rings. The van der Waals surface area contributed by atoms with Gasteiger partial charge in [0, 0.05) is 18.3 Å². The molecule has 1 aliphatic heterocycles. The largest absolute Gasteiger partial charge is 0.323 e. The zero-order valence-electron chi connectivity index (χ0n) is 16.4. The van der Waals surface area contributed by atoms with Crippen LogP contribution in [0, 0.1) is 0 Å². The monoisotopic (exact) mass is 418 g/mol. The highest BCUT2D eigenvalue weighted by Gasteiger charge is 2.28. The Hall–Kier alpha value is -3.38. The first-order valence-corrected chi connectivity index (χ1v) is 11.2. The lowest BCUT2D eigenvalue weighted by Crippen LogP contribution is -2.35. The fourth-order valence-electron chi connectivity index (χ4n) is 3.51. The smallest absolute Gasteiger partial charge is 0.264 e. The Balaban J connectivity index is 1.48. The lowest BCUT2D eigenvalue weighted by Gasteiger charge is -2.30. The molecule has 1 heterocycles. The van der Waals surface area contributed by atoms with Crippen molar-refractivity contribution < 1.29 is 13.2 Å². The molecule has 1 amide bonds. The van der Waals surface area contributed by atoms with Crippen molar-refractivity contribution in [3.8, 4) is 0 Å². The second kappa shape index (κ2) is 8.55. The Morgan fingerprint density at radius 3 is 2.37 bits per heavy atom. The van der Waals surface area contributed by atoms with E-state index in [1.807, 2.05) is 54.6 Å². The summed E-state index contributed by atoms with van der Waals surface area (Å²) in [5.74, 6) is -0.278. The normalized spacial score (nSPS) is 13.8. The van der Waals surface area contributed by atoms with Gasteiger partial charge in [-0.1, -0.05) is 48.5 Å². The number of anilines is 2. The van der Waals surface area contributed by atoms with Crippen LogP contribution in [0.25, 0.3) is 6.08 Å². The summed E-state index contributed by atoms with van der Waals surface area (Å²) in [4.78, 5) is 12.3. The maximum Gasteiger partial charge on any atom is 0.264 e. The molecule has 3 aromatic carbocycles. The molecule has 0 aliphatic carbocycles. The lowest BCUT2D eigenvalue weighted by molar-refractivity contribution is -0.111. The Bertz CT molecular complexity index is 1170. The maximum absolute atomic E-state index is 13.2. The molecule has 152 valence electrons. The fourth-order valence-corrected chi connectivity index (χ4v) is 5.05. The molecule has 4 rings (SSSR count). The summed E-state index contributed by atoms with van der Waals surface area (Å²) >= 11 is 0. The van der Waals surface area contributed by atoms with Gasteiger partial charge in [-0.25, -0.2) is 8.42 Å². The molecule has 5 nitrogen and oxygen atoms in total. The quantitative estimate of drug-likeness (QED) is 0.621. The summed E-state index contributed by atoms with van der Waals surface area (Å²) in [5.41, 5.74) is 3.25. The molecule has 0 unspecified atom stereocenters. The minimum atomic E-state index is -3.66. The van der Waals surface area contributed by atoms with Gasteiger partial charge < -0.3 is 5.32 Å². The fraction of sp³-hybridized carbons (Fsp3) is 0.125. The van der Waals surface area contributed by atoms with Crippen molar-refractivity contribution >= 4 is 33.4 Å². The van der Waals surface area contributed by atoms with Gasteiger partial charge in [0.25, 0.3) is 10.0 Å². The van der Waals surface area contributed by atoms with Crippen LogP contribution < -0.4 is 9.62 Å². The molecular weight excluding hydrogens is 396 g/mol. The van der Waals surface area contributed by atoms with E-state index in [0.717, 1.165) is 29.7 Å². The third kappa shape index (κ3) is 4.28. The van der Waals surface area contributed by atoms with Gasteiger partial charge in [0.05, 0.1) is 10.6 Å². The number of hydrogen-bond acceptors (Lipinski definition) is 3. The molecule has 0 saturated carbocycles. The van der Waals surface area contributed by atoms with Crippen molar-refractivity contribution in [3.63, 3.8) is 0 Å². The molecule has 0 radical (unpaired) electrons. The summed E-state index contributed by atoms with van der Waals surface area (Å²) in [6, 6.07) is 23.4. The van der Waals surface area contributed by atoms with Gasteiger partial charge in [0.15, 0.2) is 0 Å². The second-order valence-electron chi connectivity index (χ2n) is 7.07. The van der Waals surface area contributed by atoms with Gasteiger partial charge in [-0.05, 0) is 60.4 Å². The molecule has 0 atom stereocenters. The van der Waals surface area contributed by atoms with Crippen molar-refractivity contribution in [1.29, 1.82) is 0 Å². The standard InChI is InChI=1S/C24H22N2O3S/c27-24(17-12-19-7-2-1-3-8-19)25-21-13-15-22(16-14-21)30(28,29)26-18-6-10-20-9-4-5-11-23(20)26/h1-5,7-9,11-17H,6,10,18H2,(H,25,27)/b17-12+. The second-order valence-corrected chi connectivity index (χ2v) is 8.93. The summed E-state index contributed by atoms with van der Waals surface area (Å²) < 4.78 is 27.8. The van der Waals surface area contributed by atoms with Crippen molar-refractivity contribution in [2.45, 2.75) is 17.7 Å². The third-order valence-electron chi connectivity index (χ3n) is 5.00. The molecule has 1 aliphatic rings. The first kappa shape index (κ1) is 19.9. The van der Waals surface area contributed by atoms with Crippen LogP contribution in [0.2, 0.25) is 0 Å². The minimum Gasteiger partial charge on any atom is -0.323 e. The summed E-state index contributed by atoms with van der Waals surface area (Å²) in [6.07, 6.45) is 4.84. The number of fused-ring (bicyclic) bond motifs is 1. The lowest BCUT2D eigenvalue weighted by atomic mass is 10.0. The number of para-hydroxylation sites is 1. The molecule has 0 spiro atoms. The van der Waals surface area contributed by atoms with E-state index in [1.54, 1.807) is 18.2 Å². The van der Waals surface area contributed by atoms with E-state index in [4.69, 9.17) is 0 Å². The first-order valence-electron chi connectivity index (χ1n) is 9.79. The Labute approximate surface area is 176 Å². The van der Waals surface area contributed by atoms with Gasteiger partial charge in [-0.3, -0.25) is 9.10 Å². The molecule has 6 heteroatoms. The highest BCUT2D eigenvalue weighted by atomic mass is 32.2. The first-order chi connectivity index (χ1) is 14.5. The SMILES string of the molecule is O=C(/C=C/c1ccccc1)Nc1ccc(S(=O)(=O)N2CCCc3ccccc32)cc1. The van der Waals surface area contributed by atoms with Crippen LogP contribution in [-0.4, -0.2) is 20.9 Å². The molecule has 0 bridgehead atoms. The van der Waals surface area contributed by atoms with Crippen LogP contribution in [-0.2, 0) is 21.2 Å². The van der Waals surface area contributed by atoms with Crippen LogP contribution in [0.4, 0.5) is 11.4 Å². The minimum absolute atomic E-state index is 0.206. The van der Waals surface area contributed by atoms with E-state index in [-0.39, 0.29) is 10.8 Å². The third-order valence-corrected chi connectivity index (χ3v) is 6.83. The van der Waals surface area contributed by atoms with Crippen LogP contribution in [0.3, 0.4) is 0 Å². The average Bonchev–Trinajstić information content (AvgIpc) is 2.78. The van der Waals surface area contributed by atoms with E-state index in [1.165, 1.54) is 22.5 Å². The number of aryl methyl sites for hydroxylation is 1. The molecular formula is C24H22N2O3S. The number of benzene rings is 3. The van der Waals surface area contributed by atoms with Crippen molar-refractivity contribution in [1.82, 2.24) is 0 Å². The number of amides is 1. The summed E-state index contributed by atoms with van der Waals surface area (Å²) in [5, 5.41) is 2.75. The van der Waals surface area contributed by atoms with Crippen molar-refractivity contribution in [2.75, 3.05) is 16.2 Å². The molecule has 0 saturated heterocycles. The van der Waals surface area contributed by atoms with Gasteiger partial charge in [-0.2, -0.15) is 0 Å². The number of carbonyl (C=O) groups excluding carboxylic acids is 1. The predicted octanol–water partition coefficient (Wildman–Crippen LogP) is 4.48. The van der Waals surface area contributed by atoms with E-state index in [9.17, 15) is 13.2 Å². The highest BCUT2D eigenvalue weighted by molar-refractivity contribution is 7.92. The molecule has 1 N–H and O–H groups in total. The van der Waals surface area contributed by atoms with E-state index >= 15 is 0 Å². The summed E-state index contributed by atoms with van der Waals surface area (Å²) in [6.45, 7) is 0.460. The van der Waals surface area contributed by atoms with Gasteiger partial charge in [0.1, 0.15) is 0 Å². The number of nitrogens with zero attached hydrogens (tertiary/aromatic N) is 1. The Morgan fingerprint density at radius 2 is 1.60 bits per heavy atom. The number of rotatable bonds is 5. The van der Waals surface area contributed by atoms with Gasteiger partial charge in [-0.15, -0.1) is 0 Å². The molecule has 0 aromatic heterocycles. The number of carbonyl (C=O) groups is 1.